The Kier molecular flexibility index (Phi) is 4.50. The molecule has 0 saturated heterocycles. The summed E-state index contributed by atoms with van der Waals surface area (Å²) < 4.78 is 1.04. The summed E-state index contributed by atoms with van der Waals surface area (Å²) in [5.41, 5.74) is 4.78. The largest absolute Gasteiger partial charge is 0.261 e. The molecule has 0 bridgehead atoms. The van der Waals surface area contributed by atoms with Crippen LogP contribution in [0.25, 0.3) is 0 Å². The van der Waals surface area contributed by atoms with Gasteiger partial charge < -0.3 is 0 Å². The lowest BCUT2D eigenvalue weighted by molar-refractivity contribution is 1.04. The lowest BCUT2D eigenvalue weighted by atomic mass is 10.1. The van der Waals surface area contributed by atoms with Gasteiger partial charge in [-0.15, -0.1) is 0 Å². The molecule has 1 aromatic carbocycles. The first-order chi connectivity index (χ1) is 9.04. The molecule has 0 aliphatic rings. The van der Waals surface area contributed by atoms with Crippen LogP contribution in [0.15, 0.2) is 39.9 Å². The molecule has 1 heterocycles. The maximum atomic E-state index is 5.86. The van der Waals surface area contributed by atoms with Gasteiger partial charge in [-0.05, 0) is 31.5 Å². The Labute approximate surface area is 125 Å². The topological polar surface area (TPSA) is 50.2 Å². The quantitative estimate of drug-likeness (QED) is 0.521. The zero-order valence-electron chi connectivity index (χ0n) is 10.5. The van der Waals surface area contributed by atoms with Crippen molar-refractivity contribution >= 4 is 39.1 Å². The molecule has 0 radical (unpaired) electrons. The van der Waals surface area contributed by atoms with Gasteiger partial charge in [-0.25, -0.2) is 9.97 Å². The smallest absolute Gasteiger partial charge is 0.151 e. The van der Waals surface area contributed by atoms with Crippen LogP contribution in [-0.4, -0.2) is 15.7 Å². The third-order valence-corrected chi connectivity index (χ3v) is 3.13. The molecule has 0 atom stereocenters. The molecule has 0 spiro atoms. The maximum absolute atomic E-state index is 5.86. The normalized spacial score (nSPS) is 11.5. The molecule has 2 aromatic rings. The summed E-state index contributed by atoms with van der Waals surface area (Å²) in [5, 5.41) is 4.67. The van der Waals surface area contributed by atoms with E-state index in [0.29, 0.717) is 16.8 Å². The fraction of sp³-hybridized carbons (Fsp3) is 0.154. The third kappa shape index (κ3) is 4.01. The highest BCUT2D eigenvalue weighted by Gasteiger charge is 2.00. The first-order valence-corrected chi connectivity index (χ1v) is 6.79. The van der Waals surface area contributed by atoms with E-state index in [0.717, 1.165) is 15.7 Å². The maximum Gasteiger partial charge on any atom is 0.151 e. The molecular formula is C13H12BrClN4. The van der Waals surface area contributed by atoms with Crippen molar-refractivity contribution in [3.05, 3.63) is 51.3 Å². The summed E-state index contributed by atoms with van der Waals surface area (Å²) in [6.45, 7) is 3.70. The van der Waals surface area contributed by atoms with Crippen LogP contribution in [0.3, 0.4) is 0 Å². The van der Waals surface area contributed by atoms with Crippen LogP contribution in [-0.2, 0) is 0 Å². The highest BCUT2D eigenvalue weighted by molar-refractivity contribution is 9.10. The summed E-state index contributed by atoms with van der Waals surface area (Å²) in [6, 6.07) is 9.55. The standard InChI is InChI=1S/C13H12BrClN4/c1-8(10-3-5-11(14)6-4-10)18-19-13-7-12(15)16-9(2)17-13/h3-7H,1-2H3,(H,16,17,19). The molecule has 6 heteroatoms. The van der Waals surface area contributed by atoms with E-state index in [1.807, 2.05) is 31.2 Å². The number of nitrogens with zero attached hydrogens (tertiary/aromatic N) is 3. The molecule has 98 valence electrons. The number of halogens is 2. The SMILES string of the molecule is CC(=NNc1cc(Cl)nc(C)n1)c1ccc(Br)cc1. The zero-order valence-corrected chi connectivity index (χ0v) is 12.8. The molecule has 0 unspecified atom stereocenters. The van der Waals surface area contributed by atoms with Crippen molar-refractivity contribution in [2.24, 2.45) is 5.10 Å². The van der Waals surface area contributed by atoms with Gasteiger partial charge in [0.05, 0.1) is 5.71 Å². The molecule has 2 rings (SSSR count). The number of aryl methyl sites for hydroxylation is 1. The van der Waals surface area contributed by atoms with Gasteiger partial charge in [0.15, 0.2) is 5.82 Å². The van der Waals surface area contributed by atoms with E-state index < -0.39 is 0 Å². The van der Waals surface area contributed by atoms with E-state index in [2.05, 4.69) is 36.4 Å². The Hall–Kier alpha value is -1.46. The van der Waals surface area contributed by atoms with E-state index in [1.165, 1.54) is 0 Å². The number of nitrogens with one attached hydrogen (secondary N) is 1. The third-order valence-electron chi connectivity index (χ3n) is 2.41. The van der Waals surface area contributed by atoms with Crippen molar-refractivity contribution in [3.8, 4) is 0 Å². The summed E-state index contributed by atoms with van der Waals surface area (Å²) in [4.78, 5) is 8.18. The minimum Gasteiger partial charge on any atom is -0.261 e. The van der Waals surface area contributed by atoms with Gasteiger partial charge in [0.2, 0.25) is 0 Å². The number of anilines is 1. The highest BCUT2D eigenvalue weighted by atomic mass is 79.9. The minimum atomic E-state index is 0.395. The van der Waals surface area contributed by atoms with Crippen LogP contribution in [0, 0.1) is 6.92 Å². The molecule has 1 aromatic heterocycles. The number of hydrogen-bond donors (Lipinski definition) is 1. The Morgan fingerprint density at radius 3 is 2.58 bits per heavy atom. The van der Waals surface area contributed by atoms with Crippen molar-refractivity contribution < 1.29 is 0 Å². The van der Waals surface area contributed by atoms with Gasteiger partial charge in [-0.2, -0.15) is 5.10 Å². The lowest BCUT2D eigenvalue weighted by Gasteiger charge is -2.04. The molecule has 0 aliphatic carbocycles. The Morgan fingerprint density at radius 2 is 1.95 bits per heavy atom. The number of hydrogen-bond acceptors (Lipinski definition) is 4. The Morgan fingerprint density at radius 1 is 1.26 bits per heavy atom. The predicted molar refractivity (Wildman–Crippen MR) is 81.8 cm³/mol. The predicted octanol–water partition coefficient (Wildman–Crippen LogP) is 4.04. The summed E-state index contributed by atoms with van der Waals surface area (Å²) in [7, 11) is 0. The van der Waals surface area contributed by atoms with Crippen molar-refractivity contribution in [1.82, 2.24) is 9.97 Å². The second kappa shape index (κ2) is 6.12. The van der Waals surface area contributed by atoms with Gasteiger partial charge in [-0.3, -0.25) is 5.43 Å². The second-order valence-electron chi connectivity index (χ2n) is 3.94. The first-order valence-electron chi connectivity index (χ1n) is 5.62. The zero-order chi connectivity index (χ0) is 13.8. The van der Waals surface area contributed by atoms with E-state index in [9.17, 15) is 0 Å². The fourth-order valence-corrected chi connectivity index (χ4v) is 1.98. The van der Waals surface area contributed by atoms with Gasteiger partial charge in [0.1, 0.15) is 11.0 Å². The van der Waals surface area contributed by atoms with Gasteiger partial charge >= 0.3 is 0 Å². The monoisotopic (exact) mass is 338 g/mol. The van der Waals surface area contributed by atoms with Crippen LogP contribution >= 0.6 is 27.5 Å². The molecule has 0 fully saturated rings. The number of aromatic nitrogens is 2. The van der Waals surface area contributed by atoms with Crippen LogP contribution in [0.4, 0.5) is 5.82 Å². The van der Waals surface area contributed by atoms with Crippen molar-refractivity contribution in [1.29, 1.82) is 0 Å². The molecule has 0 amide bonds. The number of rotatable bonds is 3. The Balaban J connectivity index is 2.15. The summed E-state index contributed by atoms with van der Waals surface area (Å²) in [5.74, 6) is 1.18. The Bertz CT molecular complexity index is 590. The first kappa shape index (κ1) is 14.0. The molecule has 1 N–H and O–H groups in total. The molecule has 19 heavy (non-hydrogen) atoms. The van der Waals surface area contributed by atoms with Crippen LogP contribution in [0.2, 0.25) is 5.15 Å². The second-order valence-corrected chi connectivity index (χ2v) is 5.24. The average molecular weight is 340 g/mol. The van der Waals surface area contributed by atoms with Gasteiger partial charge in [-0.1, -0.05) is 39.7 Å². The highest BCUT2D eigenvalue weighted by Crippen LogP contribution is 2.13. The molecule has 0 saturated carbocycles. The van der Waals surface area contributed by atoms with Crippen LogP contribution in [0.5, 0.6) is 0 Å². The van der Waals surface area contributed by atoms with Crippen molar-refractivity contribution in [3.63, 3.8) is 0 Å². The van der Waals surface area contributed by atoms with E-state index in [1.54, 1.807) is 13.0 Å². The molecule has 4 nitrogen and oxygen atoms in total. The minimum absolute atomic E-state index is 0.395. The lowest BCUT2D eigenvalue weighted by Crippen LogP contribution is -2.02. The fourth-order valence-electron chi connectivity index (χ4n) is 1.49. The van der Waals surface area contributed by atoms with Crippen molar-refractivity contribution in [2.75, 3.05) is 5.43 Å². The average Bonchev–Trinajstić information content (AvgIpc) is 2.36. The van der Waals surface area contributed by atoms with Gasteiger partial charge in [0.25, 0.3) is 0 Å². The van der Waals surface area contributed by atoms with Gasteiger partial charge in [0, 0.05) is 10.5 Å². The number of benzene rings is 1. The van der Waals surface area contributed by atoms with Crippen LogP contribution < -0.4 is 5.43 Å². The van der Waals surface area contributed by atoms with Crippen molar-refractivity contribution in [2.45, 2.75) is 13.8 Å². The van der Waals surface area contributed by atoms with Crippen LogP contribution in [0.1, 0.15) is 18.3 Å². The number of hydrazone groups is 1. The molecular weight excluding hydrogens is 328 g/mol. The van der Waals surface area contributed by atoms with E-state index in [-0.39, 0.29) is 0 Å². The summed E-state index contributed by atoms with van der Waals surface area (Å²) in [6.07, 6.45) is 0. The summed E-state index contributed by atoms with van der Waals surface area (Å²) >= 11 is 9.25. The van der Waals surface area contributed by atoms with E-state index in [4.69, 9.17) is 11.6 Å². The van der Waals surface area contributed by atoms with E-state index >= 15 is 0 Å². The molecule has 0 aliphatic heterocycles.